The molecule has 0 saturated heterocycles. The average Bonchev–Trinajstić information content (AvgIpc) is 3.10. The molecule has 1 atom stereocenters. The number of hydrogen-bond acceptors (Lipinski definition) is 0. The van der Waals surface area contributed by atoms with Crippen LogP contribution in [-0.2, 0) is 25.8 Å². The third-order valence-corrected chi connectivity index (χ3v) is 5.10. The second kappa shape index (κ2) is 9.14. The topological polar surface area (TPSA) is 9.37 Å². The van der Waals surface area contributed by atoms with Gasteiger partial charge in [0.2, 0.25) is 0 Å². The van der Waals surface area contributed by atoms with Gasteiger partial charge in [-0.3, -0.25) is 0 Å². The molecule has 0 fully saturated rings. The van der Waals surface area contributed by atoms with Gasteiger partial charge >= 0.3 is 6.18 Å². The van der Waals surface area contributed by atoms with Gasteiger partial charge < -0.3 is 9.47 Å². The van der Waals surface area contributed by atoms with Crippen molar-refractivity contribution in [3.05, 3.63) is 107 Å². The summed E-state index contributed by atoms with van der Waals surface area (Å²) in [6, 6.07) is 17.9. The molecule has 0 aliphatic rings. The number of aromatic nitrogens is 1. The maximum absolute atomic E-state index is 13.0. The molecule has 2 aromatic carbocycles. The van der Waals surface area contributed by atoms with E-state index in [-0.39, 0.29) is 0 Å². The number of rotatable bonds is 8. The Hall–Kier alpha value is -2.79. The molecule has 5 heteroatoms. The summed E-state index contributed by atoms with van der Waals surface area (Å²) in [7, 11) is 0. The zero-order chi connectivity index (χ0) is 20.9. The van der Waals surface area contributed by atoms with Gasteiger partial charge in [-0.15, -0.1) is 0 Å². The number of hydrogen-bond donors (Lipinski definition) is 1. The van der Waals surface area contributed by atoms with Crippen molar-refractivity contribution >= 4 is 0 Å². The minimum Gasteiger partial charge on any atom is -0.342 e. The second-order valence-corrected chi connectivity index (χ2v) is 7.35. The Morgan fingerprint density at radius 3 is 2.52 bits per heavy atom. The predicted molar refractivity (Wildman–Crippen MR) is 110 cm³/mol. The van der Waals surface area contributed by atoms with Gasteiger partial charge in [0.05, 0.1) is 17.8 Å². The van der Waals surface area contributed by atoms with Crippen LogP contribution in [0.2, 0.25) is 0 Å². The Morgan fingerprint density at radius 2 is 1.79 bits per heavy atom. The highest BCUT2D eigenvalue weighted by Gasteiger charge is 2.30. The summed E-state index contributed by atoms with van der Waals surface area (Å²) >= 11 is 0. The lowest BCUT2D eigenvalue weighted by Crippen LogP contribution is -3.09. The number of quaternary nitrogens is 1. The van der Waals surface area contributed by atoms with E-state index in [0.717, 1.165) is 31.4 Å². The molecule has 2 nitrogen and oxygen atoms in total. The number of aryl methyl sites for hydroxylation is 1. The lowest BCUT2D eigenvalue weighted by Gasteiger charge is -2.20. The third-order valence-electron chi connectivity index (χ3n) is 5.10. The van der Waals surface area contributed by atoms with Crippen molar-refractivity contribution in [3.63, 3.8) is 0 Å². The van der Waals surface area contributed by atoms with Gasteiger partial charge in [0.25, 0.3) is 0 Å². The fourth-order valence-corrected chi connectivity index (χ4v) is 3.55. The number of alkyl halides is 3. The number of halogens is 3. The normalized spacial score (nSPS) is 12.7. The first-order chi connectivity index (χ1) is 13.9. The van der Waals surface area contributed by atoms with Crippen molar-refractivity contribution < 1.29 is 18.1 Å². The van der Waals surface area contributed by atoms with Crippen molar-refractivity contribution in [3.8, 4) is 0 Å². The molecule has 0 aliphatic heterocycles. The van der Waals surface area contributed by atoms with Crippen molar-refractivity contribution in [1.29, 1.82) is 0 Å². The molecule has 0 radical (unpaired) electrons. The smallest absolute Gasteiger partial charge is 0.342 e. The monoisotopic (exact) mass is 399 g/mol. The Labute approximate surface area is 169 Å². The Bertz CT molecular complexity index is 957. The molecule has 29 heavy (non-hydrogen) atoms. The largest absolute Gasteiger partial charge is 0.416 e. The van der Waals surface area contributed by atoms with Crippen molar-refractivity contribution in [2.45, 2.75) is 32.7 Å². The van der Waals surface area contributed by atoms with E-state index in [1.807, 2.05) is 41.1 Å². The van der Waals surface area contributed by atoms with E-state index in [1.165, 1.54) is 28.2 Å². The van der Waals surface area contributed by atoms with Crippen LogP contribution in [0.5, 0.6) is 0 Å². The van der Waals surface area contributed by atoms with Crippen LogP contribution in [0, 0.1) is 6.92 Å². The molecular weight excluding hydrogens is 373 g/mol. The molecule has 0 aliphatic carbocycles. The van der Waals surface area contributed by atoms with Gasteiger partial charge in [-0.1, -0.05) is 43.0 Å². The van der Waals surface area contributed by atoms with Gasteiger partial charge in [-0.25, -0.2) is 0 Å². The van der Waals surface area contributed by atoms with Crippen LogP contribution in [0.25, 0.3) is 0 Å². The van der Waals surface area contributed by atoms with Crippen LogP contribution in [0.15, 0.2) is 79.5 Å². The van der Waals surface area contributed by atoms with Gasteiger partial charge in [0, 0.05) is 18.3 Å². The van der Waals surface area contributed by atoms with E-state index in [2.05, 4.69) is 25.6 Å². The number of nitrogens with one attached hydrogen (secondary N) is 1. The van der Waals surface area contributed by atoms with E-state index in [0.29, 0.717) is 12.1 Å². The Balaban J connectivity index is 1.76. The first kappa shape index (κ1) is 20.9. The molecule has 0 amide bonds. The molecule has 1 N–H and O–H groups in total. The molecule has 3 aromatic rings. The molecule has 152 valence electrons. The average molecular weight is 399 g/mol. The maximum atomic E-state index is 13.0. The lowest BCUT2D eigenvalue weighted by atomic mass is 10.1. The fourth-order valence-electron chi connectivity index (χ4n) is 3.55. The van der Waals surface area contributed by atoms with Gasteiger partial charge in [-0.05, 0) is 48.4 Å². The molecule has 0 saturated carbocycles. The molecule has 0 bridgehead atoms. The highest BCUT2D eigenvalue weighted by Crippen LogP contribution is 2.29. The Morgan fingerprint density at radius 1 is 1.00 bits per heavy atom. The van der Waals surface area contributed by atoms with Crippen LogP contribution in [-0.4, -0.2) is 11.1 Å². The standard InChI is InChI=1S/C24H25F3N2/c1-3-13-28(17-21-10-5-4-8-19(21)2)18-23-12-7-14-29(23)16-20-9-6-11-22(15-20)24(25,26)27/h3-12,14-15H,1,13,16-18H2,2H3/p+1. The predicted octanol–water partition coefficient (Wildman–Crippen LogP) is 4.63. The van der Waals surface area contributed by atoms with E-state index in [9.17, 15) is 13.2 Å². The molecule has 1 aromatic heterocycles. The molecule has 0 spiro atoms. The van der Waals surface area contributed by atoms with Gasteiger partial charge in [-0.2, -0.15) is 13.2 Å². The molecule has 1 heterocycles. The van der Waals surface area contributed by atoms with E-state index < -0.39 is 11.7 Å². The highest BCUT2D eigenvalue weighted by molar-refractivity contribution is 5.27. The summed E-state index contributed by atoms with van der Waals surface area (Å²) in [5.74, 6) is 0. The van der Waals surface area contributed by atoms with E-state index >= 15 is 0 Å². The minimum absolute atomic E-state index is 0.415. The zero-order valence-corrected chi connectivity index (χ0v) is 16.5. The summed E-state index contributed by atoms with van der Waals surface area (Å²) in [4.78, 5) is 1.33. The molecule has 3 rings (SSSR count). The van der Waals surface area contributed by atoms with Crippen LogP contribution < -0.4 is 4.90 Å². The summed E-state index contributed by atoms with van der Waals surface area (Å²) in [6.45, 7) is 8.85. The van der Waals surface area contributed by atoms with Crippen molar-refractivity contribution in [2.75, 3.05) is 6.54 Å². The van der Waals surface area contributed by atoms with Gasteiger partial charge in [0.15, 0.2) is 0 Å². The van der Waals surface area contributed by atoms with Crippen LogP contribution in [0.3, 0.4) is 0 Å². The first-order valence-corrected chi connectivity index (χ1v) is 9.66. The third kappa shape index (κ3) is 5.61. The maximum Gasteiger partial charge on any atom is 0.416 e. The number of nitrogens with zero attached hydrogens (tertiary/aromatic N) is 1. The number of benzene rings is 2. The van der Waals surface area contributed by atoms with E-state index in [4.69, 9.17) is 0 Å². The Kier molecular flexibility index (Phi) is 6.60. The van der Waals surface area contributed by atoms with E-state index in [1.54, 1.807) is 6.07 Å². The first-order valence-electron chi connectivity index (χ1n) is 9.66. The molecular formula is C24H26F3N2+. The minimum atomic E-state index is -4.33. The summed E-state index contributed by atoms with van der Waals surface area (Å²) in [5.41, 5.74) is 3.67. The summed E-state index contributed by atoms with van der Waals surface area (Å²) in [6.07, 6.45) is -0.490. The van der Waals surface area contributed by atoms with Crippen molar-refractivity contribution in [2.24, 2.45) is 0 Å². The highest BCUT2D eigenvalue weighted by atomic mass is 19.4. The van der Waals surface area contributed by atoms with Crippen LogP contribution >= 0.6 is 0 Å². The van der Waals surface area contributed by atoms with Crippen LogP contribution in [0.1, 0.15) is 27.9 Å². The van der Waals surface area contributed by atoms with Crippen molar-refractivity contribution in [1.82, 2.24) is 4.57 Å². The fraction of sp³-hybridized carbons (Fsp3) is 0.250. The van der Waals surface area contributed by atoms with Gasteiger partial charge in [0.1, 0.15) is 13.1 Å². The summed E-state index contributed by atoms with van der Waals surface area (Å²) in [5, 5.41) is 0. The zero-order valence-electron chi connectivity index (χ0n) is 16.5. The SMILES string of the molecule is C=CC[NH+](Cc1ccccc1C)Cc1cccn1Cc1cccc(C(F)(F)F)c1. The quantitative estimate of drug-likeness (QED) is 0.529. The molecule has 1 unspecified atom stereocenters. The second-order valence-electron chi connectivity index (χ2n) is 7.35. The van der Waals surface area contributed by atoms with Crippen LogP contribution in [0.4, 0.5) is 13.2 Å². The summed E-state index contributed by atoms with van der Waals surface area (Å²) < 4.78 is 41.0. The lowest BCUT2D eigenvalue weighted by molar-refractivity contribution is -0.922.